The van der Waals surface area contributed by atoms with Gasteiger partial charge in [-0.1, -0.05) is 34.6 Å². The van der Waals surface area contributed by atoms with Crippen LogP contribution in [0.1, 0.15) is 47.5 Å². The Labute approximate surface area is 128 Å². The van der Waals surface area contributed by atoms with Gasteiger partial charge in [0.05, 0.1) is 5.41 Å². The van der Waals surface area contributed by atoms with Crippen molar-refractivity contribution in [3.8, 4) is 0 Å². The van der Waals surface area contributed by atoms with Gasteiger partial charge in [0, 0.05) is 19.6 Å². The first-order valence-electron chi connectivity index (χ1n) is 7.80. The molecule has 0 radical (unpaired) electrons. The van der Waals surface area contributed by atoms with E-state index >= 15 is 0 Å². The summed E-state index contributed by atoms with van der Waals surface area (Å²) in [6, 6.07) is 0. The lowest BCUT2D eigenvalue weighted by Gasteiger charge is -2.27. The van der Waals surface area contributed by atoms with Crippen molar-refractivity contribution < 1.29 is 14.6 Å². The third-order valence-corrected chi connectivity index (χ3v) is 4.24. The van der Waals surface area contributed by atoms with Crippen LogP contribution >= 0.6 is 0 Å². The maximum absolute atomic E-state index is 12.5. The lowest BCUT2D eigenvalue weighted by molar-refractivity contribution is -0.156. The number of esters is 1. The number of carbonyl (C=O) groups excluding carboxylic acids is 1. The van der Waals surface area contributed by atoms with Crippen LogP contribution in [-0.4, -0.2) is 43.4 Å². The largest absolute Gasteiger partial charge is 0.462 e. The fourth-order valence-electron chi connectivity index (χ4n) is 3.08. The van der Waals surface area contributed by atoms with E-state index in [9.17, 15) is 9.90 Å². The molecule has 0 saturated heterocycles. The smallest absolute Gasteiger partial charge is 0.312 e. The van der Waals surface area contributed by atoms with Crippen molar-refractivity contribution in [3.05, 3.63) is 0 Å². The van der Waals surface area contributed by atoms with E-state index in [4.69, 9.17) is 10.5 Å². The fourth-order valence-corrected chi connectivity index (χ4v) is 3.08. The van der Waals surface area contributed by atoms with Gasteiger partial charge in [-0.3, -0.25) is 4.79 Å². The SMILES string of the molecule is CC(C)(C)CC1(C(=O)OCC(O)CNCCN)CC1(C)C. The van der Waals surface area contributed by atoms with Gasteiger partial charge in [0.25, 0.3) is 0 Å². The van der Waals surface area contributed by atoms with E-state index in [0.29, 0.717) is 19.6 Å². The molecule has 1 aliphatic carbocycles. The van der Waals surface area contributed by atoms with Crippen LogP contribution in [0.5, 0.6) is 0 Å². The number of hydrogen-bond donors (Lipinski definition) is 3. The molecule has 1 rings (SSSR count). The molecule has 0 spiro atoms. The summed E-state index contributed by atoms with van der Waals surface area (Å²) in [5, 5.41) is 12.8. The Hall–Kier alpha value is -0.650. The predicted molar refractivity (Wildman–Crippen MR) is 83.8 cm³/mol. The zero-order chi connectivity index (χ0) is 16.3. The predicted octanol–water partition coefficient (Wildman–Crippen LogP) is 1.29. The molecule has 0 aliphatic heterocycles. The van der Waals surface area contributed by atoms with Crippen LogP contribution in [0.15, 0.2) is 0 Å². The van der Waals surface area contributed by atoms with Crippen LogP contribution < -0.4 is 11.1 Å². The molecule has 4 N–H and O–H groups in total. The molecule has 21 heavy (non-hydrogen) atoms. The van der Waals surface area contributed by atoms with Crippen molar-refractivity contribution in [2.24, 2.45) is 22.0 Å². The Morgan fingerprint density at radius 3 is 2.43 bits per heavy atom. The summed E-state index contributed by atoms with van der Waals surface area (Å²) in [5.74, 6) is -0.166. The molecule has 1 saturated carbocycles. The lowest BCUT2D eigenvalue weighted by Crippen LogP contribution is -2.36. The molecule has 5 heteroatoms. The van der Waals surface area contributed by atoms with Crippen LogP contribution in [-0.2, 0) is 9.53 Å². The quantitative estimate of drug-likeness (QED) is 0.465. The molecule has 5 nitrogen and oxygen atoms in total. The molecule has 0 aromatic rings. The molecule has 2 atom stereocenters. The van der Waals surface area contributed by atoms with Crippen LogP contribution in [0, 0.1) is 16.2 Å². The monoisotopic (exact) mass is 300 g/mol. The number of carbonyl (C=O) groups is 1. The Morgan fingerprint density at radius 1 is 1.43 bits per heavy atom. The van der Waals surface area contributed by atoms with Gasteiger partial charge >= 0.3 is 5.97 Å². The van der Waals surface area contributed by atoms with Crippen LogP contribution in [0.2, 0.25) is 0 Å². The van der Waals surface area contributed by atoms with Gasteiger partial charge in [-0.25, -0.2) is 0 Å². The summed E-state index contributed by atoms with van der Waals surface area (Å²) in [5.41, 5.74) is 5.03. The van der Waals surface area contributed by atoms with Gasteiger partial charge in [-0.05, 0) is 23.7 Å². The molecule has 124 valence electrons. The second-order valence-corrected chi connectivity index (χ2v) is 8.13. The van der Waals surface area contributed by atoms with Crippen LogP contribution in [0.4, 0.5) is 0 Å². The van der Waals surface area contributed by atoms with Crippen molar-refractivity contribution >= 4 is 5.97 Å². The zero-order valence-corrected chi connectivity index (χ0v) is 14.2. The number of ether oxygens (including phenoxy) is 1. The number of nitrogens with one attached hydrogen (secondary N) is 1. The second-order valence-electron chi connectivity index (χ2n) is 8.13. The van der Waals surface area contributed by atoms with Gasteiger partial charge in [0.1, 0.15) is 12.7 Å². The lowest BCUT2D eigenvalue weighted by atomic mass is 9.79. The average molecular weight is 300 g/mol. The highest BCUT2D eigenvalue weighted by Crippen LogP contribution is 2.68. The van der Waals surface area contributed by atoms with Gasteiger partial charge in [0.2, 0.25) is 0 Å². The van der Waals surface area contributed by atoms with Crippen molar-refractivity contribution in [2.45, 2.75) is 53.6 Å². The molecule has 0 heterocycles. The molecule has 2 unspecified atom stereocenters. The normalized spacial score (nSPS) is 25.5. The van der Waals surface area contributed by atoms with E-state index < -0.39 is 11.5 Å². The third-order valence-electron chi connectivity index (χ3n) is 4.24. The van der Waals surface area contributed by atoms with E-state index in [1.165, 1.54) is 0 Å². The Kier molecular flexibility index (Phi) is 5.81. The Morgan fingerprint density at radius 2 is 2.00 bits per heavy atom. The first-order chi connectivity index (χ1) is 9.54. The summed E-state index contributed by atoms with van der Waals surface area (Å²) >= 11 is 0. The molecule has 0 aromatic heterocycles. The summed E-state index contributed by atoms with van der Waals surface area (Å²) < 4.78 is 5.38. The first kappa shape index (κ1) is 18.4. The minimum absolute atomic E-state index is 0.0138. The maximum Gasteiger partial charge on any atom is 0.312 e. The number of aliphatic hydroxyl groups is 1. The van der Waals surface area contributed by atoms with Crippen molar-refractivity contribution in [3.63, 3.8) is 0 Å². The fraction of sp³-hybridized carbons (Fsp3) is 0.938. The van der Waals surface area contributed by atoms with E-state index in [2.05, 4.69) is 39.9 Å². The second kappa shape index (κ2) is 6.63. The van der Waals surface area contributed by atoms with Gasteiger partial charge in [-0.15, -0.1) is 0 Å². The Bertz CT molecular complexity index is 363. The molecule has 1 fully saturated rings. The summed E-state index contributed by atoms with van der Waals surface area (Å²) in [6.45, 7) is 12.2. The van der Waals surface area contributed by atoms with Crippen molar-refractivity contribution in [1.29, 1.82) is 0 Å². The number of aliphatic hydroxyl groups excluding tert-OH is 1. The van der Waals surface area contributed by atoms with E-state index in [1.807, 2.05) is 0 Å². The van der Waals surface area contributed by atoms with Crippen molar-refractivity contribution in [1.82, 2.24) is 5.32 Å². The number of hydrogen-bond acceptors (Lipinski definition) is 5. The first-order valence-corrected chi connectivity index (χ1v) is 7.80. The maximum atomic E-state index is 12.5. The molecular weight excluding hydrogens is 268 g/mol. The molecule has 0 bridgehead atoms. The molecule has 0 amide bonds. The third kappa shape index (κ3) is 4.94. The molecular formula is C16H32N2O3. The number of rotatable bonds is 8. The van der Waals surface area contributed by atoms with Crippen LogP contribution in [0.3, 0.4) is 0 Å². The summed E-state index contributed by atoms with van der Waals surface area (Å²) in [7, 11) is 0. The standard InChI is InChI=1S/C16H32N2O3/c1-14(2,3)10-16(11-15(16,4)5)13(20)21-9-12(19)8-18-7-6-17/h12,18-19H,6-11,17H2,1-5H3. The topological polar surface area (TPSA) is 84.6 Å². The van der Waals surface area contributed by atoms with Crippen LogP contribution in [0.25, 0.3) is 0 Å². The summed E-state index contributed by atoms with van der Waals surface area (Å²) in [6.07, 6.45) is 0.986. The number of nitrogens with two attached hydrogens (primary N) is 1. The highest BCUT2D eigenvalue weighted by Gasteiger charge is 2.67. The van der Waals surface area contributed by atoms with Gasteiger partial charge in [0.15, 0.2) is 0 Å². The van der Waals surface area contributed by atoms with E-state index in [1.54, 1.807) is 0 Å². The minimum Gasteiger partial charge on any atom is -0.462 e. The molecule has 0 aromatic carbocycles. The average Bonchev–Trinajstić information content (AvgIpc) is 2.86. The van der Waals surface area contributed by atoms with Gasteiger partial charge in [-0.2, -0.15) is 0 Å². The minimum atomic E-state index is -0.686. The summed E-state index contributed by atoms with van der Waals surface area (Å²) in [4.78, 5) is 12.5. The Balaban J connectivity index is 2.49. The molecule has 1 aliphatic rings. The van der Waals surface area contributed by atoms with E-state index in [0.717, 1.165) is 12.8 Å². The zero-order valence-electron chi connectivity index (χ0n) is 14.2. The highest BCUT2D eigenvalue weighted by atomic mass is 16.5. The van der Waals surface area contributed by atoms with Gasteiger partial charge < -0.3 is 20.9 Å². The van der Waals surface area contributed by atoms with E-state index in [-0.39, 0.29) is 23.4 Å². The highest BCUT2D eigenvalue weighted by molar-refractivity contribution is 5.81. The van der Waals surface area contributed by atoms with Crippen molar-refractivity contribution in [2.75, 3.05) is 26.2 Å².